The molecule has 0 spiro atoms. The highest BCUT2D eigenvalue weighted by atomic mass is 16.5. The summed E-state index contributed by atoms with van der Waals surface area (Å²) in [6.45, 7) is 4.15. The Morgan fingerprint density at radius 2 is 2.15 bits per heavy atom. The van der Waals surface area contributed by atoms with Crippen LogP contribution in [0.3, 0.4) is 0 Å². The van der Waals surface area contributed by atoms with Gasteiger partial charge in [-0.3, -0.25) is 4.79 Å². The van der Waals surface area contributed by atoms with E-state index in [4.69, 9.17) is 10.5 Å². The van der Waals surface area contributed by atoms with Crippen LogP contribution < -0.4 is 10.5 Å². The molecule has 4 heteroatoms. The number of piperidine rings is 1. The molecule has 3 unspecified atom stereocenters. The molecule has 2 N–H and O–H groups in total. The number of fused-ring (bicyclic) bond motifs is 1. The molecular formula is C16H22N2O2. The molecular weight excluding hydrogens is 252 g/mol. The summed E-state index contributed by atoms with van der Waals surface area (Å²) in [5.74, 6) is 1.53. The van der Waals surface area contributed by atoms with E-state index in [9.17, 15) is 4.79 Å². The summed E-state index contributed by atoms with van der Waals surface area (Å²) < 4.78 is 5.72. The SMILES string of the molecule is CC1CC(N)CN(C(=O)C2COc3ccccc3C2)C1. The van der Waals surface area contributed by atoms with Crippen LogP contribution in [0.4, 0.5) is 0 Å². The van der Waals surface area contributed by atoms with Gasteiger partial charge in [0.05, 0.1) is 5.92 Å². The van der Waals surface area contributed by atoms with Crippen LogP contribution in [0, 0.1) is 11.8 Å². The molecule has 2 aliphatic heterocycles. The molecule has 0 saturated carbocycles. The third kappa shape index (κ3) is 2.66. The zero-order chi connectivity index (χ0) is 14.1. The second kappa shape index (κ2) is 5.44. The zero-order valence-corrected chi connectivity index (χ0v) is 11.9. The molecule has 2 aliphatic rings. The van der Waals surface area contributed by atoms with Crippen molar-refractivity contribution in [3.8, 4) is 5.75 Å². The number of rotatable bonds is 1. The Kier molecular flexibility index (Phi) is 3.66. The van der Waals surface area contributed by atoms with Crippen molar-refractivity contribution in [3.63, 3.8) is 0 Å². The number of nitrogens with two attached hydrogens (primary N) is 1. The van der Waals surface area contributed by atoms with Crippen molar-refractivity contribution in [2.45, 2.75) is 25.8 Å². The standard InChI is InChI=1S/C16H22N2O2/c1-11-6-14(17)9-18(8-11)16(19)13-7-12-4-2-3-5-15(12)20-10-13/h2-5,11,13-14H,6-10,17H2,1H3. The first kappa shape index (κ1) is 13.4. The summed E-state index contributed by atoms with van der Waals surface area (Å²) in [4.78, 5) is 14.6. The lowest BCUT2D eigenvalue weighted by Crippen LogP contribution is -2.51. The van der Waals surface area contributed by atoms with Crippen LogP contribution in [0.1, 0.15) is 18.9 Å². The minimum absolute atomic E-state index is 0.0672. The molecule has 1 saturated heterocycles. The van der Waals surface area contributed by atoms with Crippen molar-refractivity contribution in [1.29, 1.82) is 0 Å². The number of nitrogens with zero attached hydrogens (tertiary/aromatic N) is 1. The van der Waals surface area contributed by atoms with Gasteiger partial charge in [0.15, 0.2) is 0 Å². The van der Waals surface area contributed by atoms with Crippen LogP contribution in [0.15, 0.2) is 24.3 Å². The Hall–Kier alpha value is -1.55. The largest absolute Gasteiger partial charge is 0.492 e. The monoisotopic (exact) mass is 274 g/mol. The van der Waals surface area contributed by atoms with Gasteiger partial charge in [-0.2, -0.15) is 0 Å². The average Bonchev–Trinajstić information content (AvgIpc) is 2.45. The van der Waals surface area contributed by atoms with Crippen molar-refractivity contribution in [2.75, 3.05) is 19.7 Å². The molecule has 1 amide bonds. The molecule has 20 heavy (non-hydrogen) atoms. The normalized spacial score (nSPS) is 29.5. The lowest BCUT2D eigenvalue weighted by Gasteiger charge is -2.37. The number of amides is 1. The maximum Gasteiger partial charge on any atom is 0.229 e. The summed E-state index contributed by atoms with van der Waals surface area (Å²) in [6, 6.07) is 8.08. The molecule has 0 radical (unpaired) electrons. The van der Waals surface area contributed by atoms with Crippen LogP contribution >= 0.6 is 0 Å². The fourth-order valence-electron chi connectivity index (χ4n) is 3.32. The van der Waals surface area contributed by atoms with E-state index in [1.807, 2.05) is 29.2 Å². The van der Waals surface area contributed by atoms with Gasteiger partial charge in [0, 0.05) is 19.1 Å². The van der Waals surface area contributed by atoms with Crippen molar-refractivity contribution in [3.05, 3.63) is 29.8 Å². The molecule has 0 bridgehead atoms. The molecule has 3 atom stereocenters. The third-order valence-corrected chi connectivity index (χ3v) is 4.23. The molecule has 1 fully saturated rings. The molecule has 3 rings (SSSR count). The van der Waals surface area contributed by atoms with Gasteiger partial charge in [-0.1, -0.05) is 25.1 Å². The fraction of sp³-hybridized carbons (Fsp3) is 0.562. The summed E-state index contributed by atoms with van der Waals surface area (Å²) in [6.07, 6.45) is 1.78. The van der Waals surface area contributed by atoms with E-state index >= 15 is 0 Å². The Morgan fingerprint density at radius 3 is 2.95 bits per heavy atom. The molecule has 2 heterocycles. The van der Waals surface area contributed by atoms with E-state index in [0.717, 1.165) is 30.7 Å². The predicted octanol–water partition coefficient (Wildman–Crippen LogP) is 1.43. The van der Waals surface area contributed by atoms with Crippen molar-refractivity contribution in [2.24, 2.45) is 17.6 Å². The van der Waals surface area contributed by atoms with Gasteiger partial charge in [0.1, 0.15) is 12.4 Å². The van der Waals surface area contributed by atoms with Crippen molar-refractivity contribution < 1.29 is 9.53 Å². The Labute approximate surface area is 119 Å². The Balaban J connectivity index is 1.69. The highest BCUT2D eigenvalue weighted by Gasteiger charge is 2.33. The van der Waals surface area contributed by atoms with Gasteiger partial charge >= 0.3 is 0 Å². The number of carbonyl (C=O) groups is 1. The second-order valence-electron chi connectivity index (χ2n) is 6.16. The number of likely N-dealkylation sites (tertiary alicyclic amines) is 1. The molecule has 108 valence electrons. The first-order valence-electron chi connectivity index (χ1n) is 7.38. The Morgan fingerprint density at radius 1 is 1.35 bits per heavy atom. The van der Waals surface area contributed by atoms with E-state index in [1.165, 1.54) is 0 Å². The fourth-order valence-corrected chi connectivity index (χ4v) is 3.32. The molecule has 1 aromatic carbocycles. The van der Waals surface area contributed by atoms with Crippen LogP contribution in [-0.2, 0) is 11.2 Å². The minimum atomic E-state index is -0.0672. The number of hydrogen-bond donors (Lipinski definition) is 1. The zero-order valence-electron chi connectivity index (χ0n) is 11.9. The number of carbonyl (C=O) groups excluding carboxylic acids is 1. The first-order valence-corrected chi connectivity index (χ1v) is 7.38. The van der Waals surface area contributed by atoms with Crippen LogP contribution in [-0.4, -0.2) is 36.5 Å². The van der Waals surface area contributed by atoms with E-state index in [0.29, 0.717) is 19.1 Å². The molecule has 0 aliphatic carbocycles. The molecule has 1 aromatic rings. The lowest BCUT2D eigenvalue weighted by molar-refractivity contribution is -0.139. The van der Waals surface area contributed by atoms with Crippen molar-refractivity contribution >= 4 is 5.91 Å². The topological polar surface area (TPSA) is 55.6 Å². The summed E-state index contributed by atoms with van der Waals surface area (Å²) in [5.41, 5.74) is 7.17. The van der Waals surface area contributed by atoms with Gasteiger partial charge in [0.2, 0.25) is 5.91 Å². The van der Waals surface area contributed by atoms with Gasteiger partial charge in [-0.15, -0.1) is 0 Å². The van der Waals surface area contributed by atoms with E-state index in [-0.39, 0.29) is 17.9 Å². The van der Waals surface area contributed by atoms with E-state index in [1.54, 1.807) is 0 Å². The summed E-state index contributed by atoms with van der Waals surface area (Å²) in [5, 5.41) is 0. The number of ether oxygens (including phenoxy) is 1. The molecule has 4 nitrogen and oxygen atoms in total. The first-order chi connectivity index (χ1) is 9.63. The van der Waals surface area contributed by atoms with Gasteiger partial charge in [-0.05, 0) is 30.4 Å². The maximum atomic E-state index is 12.6. The number of hydrogen-bond acceptors (Lipinski definition) is 3. The van der Waals surface area contributed by atoms with Crippen LogP contribution in [0.5, 0.6) is 5.75 Å². The molecule has 0 aromatic heterocycles. The van der Waals surface area contributed by atoms with Crippen molar-refractivity contribution in [1.82, 2.24) is 4.90 Å². The number of benzene rings is 1. The third-order valence-electron chi connectivity index (χ3n) is 4.23. The van der Waals surface area contributed by atoms with Gasteiger partial charge in [0.25, 0.3) is 0 Å². The summed E-state index contributed by atoms with van der Waals surface area (Å²) in [7, 11) is 0. The average molecular weight is 274 g/mol. The predicted molar refractivity (Wildman–Crippen MR) is 77.5 cm³/mol. The number of para-hydroxylation sites is 1. The highest BCUT2D eigenvalue weighted by molar-refractivity contribution is 5.80. The maximum absolute atomic E-state index is 12.6. The van der Waals surface area contributed by atoms with E-state index in [2.05, 4.69) is 6.92 Å². The smallest absolute Gasteiger partial charge is 0.229 e. The van der Waals surface area contributed by atoms with Crippen LogP contribution in [0.2, 0.25) is 0 Å². The van der Waals surface area contributed by atoms with E-state index < -0.39 is 0 Å². The Bertz CT molecular complexity index is 493. The highest BCUT2D eigenvalue weighted by Crippen LogP contribution is 2.28. The minimum Gasteiger partial charge on any atom is -0.492 e. The second-order valence-corrected chi connectivity index (χ2v) is 6.16. The summed E-state index contributed by atoms with van der Waals surface area (Å²) >= 11 is 0. The lowest BCUT2D eigenvalue weighted by atomic mass is 9.92. The quantitative estimate of drug-likeness (QED) is 0.843. The van der Waals surface area contributed by atoms with Gasteiger partial charge in [-0.25, -0.2) is 0 Å². The van der Waals surface area contributed by atoms with Crippen LogP contribution in [0.25, 0.3) is 0 Å². The van der Waals surface area contributed by atoms with Gasteiger partial charge < -0.3 is 15.4 Å².